The lowest BCUT2D eigenvalue weighted by Crippen LogP contribution is -2.42. The average molecular weight is 533 g/mol. The van der Waals surface area contributed by atoms with Crippen LogP contribution in [-0.4, -0.2) is 56.0 Å². The molecule has 7 nitrogen and oxygen atoms in total. The highest BCUT2D eigenvalue weighted by Gasteiger charge is 2.40. The van der Waals surface area contributed by atoms with Crippen LogP contribution in [0.2, 0.25) is 0 Å². The summed E-state index contributed by atoms with van der Waals surface area (Å²) < 4.78 is 17.9. The maximum absolute atomic E-state index is 13.1. The molecule has 4 rings (SSSR count). The van der Waals surface area contributed by atoms with E-state index < -0.39 is 5.60 Å². The van der Waals surface area contributed by atoms with Crippen LogP contribution in [0.3, 0.4) is 0 Å². The van der Waals surface area contributed by atoms with E-state index >= 15 is 0 Å². The zero-order valence-electron chi connectivity index (χ0n) is 23.0. The lowest BCUT2D eigenvalue weighted by Gasteiger charge is -2.38. The molecule has 0 saturated carbocycles. The van der Waals surface area contributed by atoms with Crippen molar-refractivity contribution in [3.8, 4) is 11.5 Å². The number of amides is 1. The predicted octanol–water partition coefficient (Wildman–Crippen LogP) is 5.54. The fourth-order valence-corrected chi connectivity index (χ4v) is 5.43. The van der Waals surface area contributed by atoms with Crippen molar-refractivity contribution in [2.45, 2.75) is 50.2 Å². The van der Waals surface area contributed by atoms with Gasteiger partial charge >= 0.3 is 0 Å². The van der Waals surface area contributed by atoms with Gasteiger partial charge in [0.15, 0.2) is 0 Å². The molecule has 3 aromatic rings. The number of rotatable bonds is 14. The minimum Gasteiger partial charge on any atom is -0.497 e. The van der Waals surface area contributed by atoms with Gasteiger partial charge in [-0.1, -0.05) is 61.0 Å². The molecule has 39 heavy (non-hydrogen) atoms. The lowest BCUT2D eigenvalue weighted by molar-refractivity contribution is -0.134. The van der Waals surface area contributed by atoms with Crippen LogP contribution in [0.4, 0.5) is 0 Å². The molecular formula is C32H40N2O5. The Balaban J connectivity index is 1.65. The molecule has 0 unspecified atom stereocenters. The highest BCUT2D eigenvalue weighted by Crippen LogP contribution is 2.42. The maximum Gasteiger partial charge on any atom is 0.222 e. The molecule has 0 bridgehead atoms. The van der Waals surface area contributed by atoms with E-state index in [4.69, 9.17) is 19.4 Å². The number of carbonyl (C=O) groups excluding carboxylic acids is 1. The Hall–Kier alpha value is -3.39. The Labute approximate surface area is 231 Å². The van der Waals surface area contributed by atoms with Crippen LogP contribution in [-0.2, 0) is 15.1 Å². The first-order chi connectivity index (χ1) is 19.1. The third-order valence-corrected chi connectivity index (χ3v) is 7.54. The molecule has 1 atom stereocenters. The predicted molar refractivity (Wildman–Crippen MR) is 151 cm³/mol. The molecule has 3 aromatic carbocycles. The van der Waals surface area contributed by atoms with Gasteiger partial charge in [0.05, 0.1) is 26.9 Å². The number of benzene rings is 3. The van der Waals surface area contributed by atoms with Gasteiger partial charge in [-0.3, -0.25) is 4.79 Å². The second-order valence-electron chi connectivity index (χ2n) is 9.92. The van der Waals surface area contributed by atoms with Crippen LogP contribution in [0, 0.1) is 0 Å². The summed E-state index contributed by atoms with van der Waals surface area (Å²) in [5.74, 6) is 1.73. The lowest BCUT2D eigenvalue weighted by atomic mass is 9.80. The third kappa shape index (κ3) is 6.79. The van der Waals surface area contributed by atoms with Crippen LogP contribution in [0.1, 0.15) is 55.2 Å². The highest BCUT2D eigenvalue weighted by molar-refractivity contribution is 5.76. The Morgan fingerprint density at radius 1 is 0.872 bits per heavy atom. The van der Waals surface area contributed by atoms with Crippen molar-refractivity contribution in [1.29, 1.82) is 0 Å². The minimum absolute atomic E-state index is 0.0104. The van der Waals surface area contributed by atoms with Gasteiger partial charge in [0.1, 0.15) is 17.1 Å². The number of hydroxylamine groups is 1. The van der Waals surface area contributed by atoms with E-state index in [0.29, 0.717) is 19.6 Å². The van der Waals surface area contributed by atoms with E-state index in [0.717, 1.165) is 66.8 Å². The summed E-state index contributed by atoms with van der Waals surface area (Å²) in [6.45, 7) is 1.72. The number of hydrogen-bond donors (Lipinski definition) is 2. The Kier molecular flexibility index (Phi) is 10.4. The van der Waals surface area contributed by atoms with Crippen molar-refractivity contribution in [2.24, 2.45) is 0 Å². The van der Waals surface area contributed by atoms with E-state index in [-0.39, 0.29) is 11.9 Å². The van der Waals surface area contributed by atoms with Crippen LogP contribution >= 0.6 is 0 Å². The number of nitrogens with zero attached hydrogens (tertiary/aromatic N) is 1. The zero-order valence-corrected chi connectivity index (χ0v) is 23.0. The molecular weight excluding hydrogens is 492 g/mol. The molecule has 0 radical (unpaired) electrons. The summed E-state index contributed by atoms with van der Waals surface area (Å²) in [6, 6.07) is 26.3. The summed E-state index contributed by atoms with van der Waals surface area (Å²) in [6.07, 6.45) is 4.97. The molecule has 1 heterocycles. The first kappa shape index (κ1) is 28.6. The summed E-state index contributed by atoms with van der Waals surface area (Å²) in [7, 11) is 3.32. The van der Waals surface area contributed by atoms with Crippen molar-refractivity contribution in [3.63, 3.8) is 0 Å². The van der Waals surface area contributed by atoms with Gasteiger partial charge in [0, 0.05) is 19.5 Å². The van der Waals surface area contributed by atoms with Crippen molar-refractivity contribution >= 4 is 5.91 Å². The molecule has 1 aliphatic rings. The number of likely N-dealkylation sites (tertiary alicyclic amines) is 1. The van der Waals surface area contributed by atoms with Crippen molar-refractivity contribution in [1.82, 2.24) is 10.4 Å². The number of ether oxygens (including phenoxy) is 3. The van der Waals surface area contributed by atoms with E-state index in [1.54, 1.807) is 14.2 Å². The molecule has 1 fully saturated rings. The molecule has 1 amide bonds. The summed E-state index contributed by atoms with van der Waals surface area (Å²) in [5.41, 5.74) is 4.25. The molecule has 1 saturated heterocycles. The van der Waals surface area contributed by atoms with Crippen molar-refractivity contribution < 1.29 is 24.2 Å². The van der Waals surface area contributed by atoms with Crippen LogP contribution in [0.15, 0.2) is 78.9 Å². The minimum atomic E-state index is -0.894. The SMILES string of the molecule is COc1ccc(C(OC[C@@H]2CCCN2C(=O)CCCCCNO)(c2ccccc2)c2ccc(OC)cc2)cc1. The molecule has 208 valence electrons. The summed E-state index contributed by atoms with van der Waals surface area (Å²) in [5, 5.41) is 8.75. The molecule has 7 heteroatoms. The fourth-order valence-electron chi connectivity index (χ4n) is 5.43. The van der Waals surface area contributed by atoms with Crippen LogP contribution in [0.5, 0.6) is 11.5 Å². The molecule has 0 spiro atoms. The number of methoxy groups -OCH3 is 2. The van der Waals surface area contributed by atoms with E-state index in [1.165, 1.54) is 0 Å². The zero-order chi connectivity index (χ0) is 27.5. The van der Waals surface area contributed by atoms with Gasteiger partial charge in [-0.2, -0.15) is 0 Å². The number of hydrogen-bond acceptors (Lipinski definition) is 6. The van der Waals surface area contributed by atoms with E-state index in [2.05, 4.69) is 41.9 Å². The second-order valence-corrected chi connectivity index (χ2v) is 9.92. The van der Waals surface area contributed by atoms with Gasteiger partial charge < -0.3 is 24.3 Å². The number of unbranched alkanes of at least 4 members (excludes halogenated alkanes) is 2. The molecule has 1 aliphatic heterocycles. The smallest absolute Gasteiger partial charge is 0.222 e. The standard InChI is InChI=1S/C32H40N2O5/c1-37-29-18-14-26(15-19-29)32(25-10-5-3-6-11-25,27-16-20-30(38-2)21-17-27)39-24-28-12-9-23-34(28)31(35)13-7-4-8-22-33-36/h3,5-6,10-11,14-21,28,33,36H,4,7-9,12-13,22-24H2,1-2H3/t28-/m0/s1. The van der Waals surface area contributed by atoms with Crippen LogP contribution in [0.25, 0.3) is 0 Å². The third-order valence-electron chi connectivity index (χ3n) is 7.54. The largest absolute Gasteiger partial charge is 0.497 e. The van der Waals surface area contributed by atoms with Gasteiger partial charge in [-0.25, -0.2) is 5.48 Å². The average Bonchev–Trinajstić information content (AvgIpc) is 3.47. The number of carbonyl (C=O) groups is 1. The normalized spacial score (nSPS) is 15.4. The summed E-state index contributed by atoms with van der Waals surface area (Å²) >= 11 is 0. The maximum atomic E-state index is 13.1. The Morgan fingerprint density at radius 3 is 2.03 bits per heavy atom. The first-order valence-corrected chi connectivity index (χ1v) is 13.8. The Morgan fingerprint density at radius 2 is 1.46 bits per heavy atom. The monoisotopic (exact) mass is 532 g/mol. The van der Waals surface area contributed by atoms with Gasteiger partial charge in [-0.15, -0.1) is 0 Å². The van der Waals surface area contributed by atoms with Gasteiger partial charge in [0.25, 0.3) is 0 Å². The quantitative estimate of drug-likeness (QED) is 0.161. The highest BCUT2D eigenvalue weighted by atomic mass is 16.5. The number of nitrogens with one attached hydrogen (secondary N) is 1. The molecule has 0 aliphatic carbocycles. The van der Waals surface area contributed by atoms with Gasteiger partial charge in [0.2, 0.25) is 5.91 Å². The topological polar surface area (TPSA) is 80.3 Å². The second kappa shape index (κ2) is 14.1. The van der Waals surface area contributed by atoms with Crippen molar-refractivity contribution in [2.75, 3.05) is 33.9 Å². The van der Waals surface area contributed by atoms with Crippen LogP contribution < -0.4 is 15.0 Å². The molecule has 0 aromatic heterocycles. The first-order valence-electron chi connectivity index (χ1n) is 13.8. The molecule has 2 N–H and O–H groups in total. The van der Waals surface area contributed by atoms with E-state index in [1.807, 2.05) is 47.4 Å². The van der Waals surface area contributed by atoms with Gasteiger partial charge in [-0.05, 0) is 66.6 Å². The van der Waals surface area contributed by atoms with Crippen molar-refractivity contribution in [3.05, 3.63) is 95.6 Å². The fraction of sp³-hybridized carbons (Fsp3) is 0.406. The van der Waals surface area contributed by atoms with E-state index in [9.17, 15) is 4.79 Å². The summed E-state index contributed by atoms with van der Waals surface area (Å²) in [4.78, 5) is 15.1. The Bertz CT molecular complexity index is 1100.